The van der Waals surface area contributed by atoms with Crippen molar-refractivity contribution >= 4 is 21.9 Å². The van der Waals surface area contributed by atoms with E-state index >= 15 is 0 Å². The molecule has 2 heteroatoms. The van der Waals surface area contributed by atoms with Gasteiger partial charge in [-0.1, -0.05) is 48.5 Å². The van der Waals surface area contributed by atoms with Crippen molar-refractivity contribution < 1.29 is 0 Å². The predicted octanol–water partition coefficient (Wildman–Crippen LogP) is 4.69. The fourth-order valence-corrected chi connectivity index (χ4v) is 2.77. The molecule has 2 aromatic heterocycles. The highest BCUT2D eigenvalue weighted by molar-refractivity contribution is 6.09. The summed E-state index contributed by atoms with van der Waals surface area (Å²) in [6.07, 6.45) is 0. The van der Waals surface area contributed by atoms with E-state index in [1.54, 1.807) is 0 Å². The number of aromatic amines is 1. The molecule has 20 heavy (non-hydrogen) atoms. The lowest BCUT2D eigenvalue weighted by molar-refractivity contribution is 1.26. The van der Waals surface area contributed by atoms with Gasteiger partial charge in [-0.15, -0.1) is 0 Å². The number of benzene rings is 2. The lowest BCUT2D eigenvalue weighted by Gasteiger charge is -2.05. The van der Waals surface area contributed by atoms with Gasteiger partial charge in [0, 0.05) is 22.2 Å². The highest BCUT2D eigenvalue weighted by Crippen LogP contribution is 2.32. The lowest BCUT2D eigenvalue weighted by atomic mass is 10.0. The topological polar surface area (TPSA) is 28.7 Å². The van der Waals surface area contributed by atoms with Crippen LogP contribution in [0, 0.1) is 6.92 Å². The van der Waals surface area contributed by atoms with Crippen molar-refractivity contribution in [2.45, 2.75) is 6.92 Å². The first-order valence-electron chi connectivity index (χ1n) is 6.76. The number of aryl methyl sites for hydroxylation is 1. The van der Waals surface area contributed by atoms with Crippen molar-refractivity contribution in [3.8, 4) is 11.1 Å². The van der Waals surface area contributed by atoms with E-state index in [4.69, 9.17) is 4.98 Å². The zero-order valence-electron chi connectivity index (χ0n) is 11.2. The summed E-state index contributed by atoms with van der Waals surface area (Å²) < 4.78 is 0. The van der Waals surface area contributed by atoms with Gasteiger partial charge in [-0.2, -0.15) is 0 Å². The minimum atomic E-state index is 1.04. The predicted molar refractivity (Wildman–Crippen MR) is 83.8 cm³/mol. The molecule has 1 N–H and O–H groups in total. The van der Waals surface area contributed by atoms with E-state index < -0.39 is 0 Å². The maximum Gasteiger partial charge on any atom is 0.0967 e. The van der Waals surface area contributed by atoms with Crippen molar-refractivity contribution in [2.75, 3.05) is 0 Å². The van der Waals surface area contributed by atoms with Crippen LogP contribution in [0.25, 0.3) is 33.1 Å². The molecule has 0 unspecified atom stereocenters. The number of pyridine rings is 1. The minimum Gasteiger partial charge on any atom is -0.353 e. The van der Waals surface area contributed by atoms with Gasteiger partial charge in [-0.3, -0.25) is 4.98 Å². The van der Waals surface area contributed by atoms with Crippen molar-refractivity contribution in [3.05, 3.63) is 66.4 Å². The summed E-state index contributed by atoms with van der Waals surface area (Å²) >= 11 is 0. The van der Waals surface area contributed by atoms with Crippen LogP contribution in [-0.2, 0) is 0 Å². The third-order valence-electron chi connectivity index (χ3n) is 3.67. The summed E-state index contributed by atoms with van der Waals surface area (Å²) in [4.78, 5) is 8.23. The second-order valence-corrected chi connectivity index (χ2v) is 5.07. The van der Waals surface area contributed by atoms with Gasteiger partial charge in [0.25, 0.3) is 0 Å². The highest BCUT2D eigenvalue weighted by Gasteiger charge is 2.11. The maximum atomic E-state index is 4.72. The van der Waals surface area contributed by atoms with Gasteiger partial charge in [-0.05, 0) is 24.6 Å². The third-order valence-corrected chi connectivity index (χ3v) is 3.67. The second-order valence-electron chi connectivity index (χ2n) is 5.07. The largest absolute Gasteiger partial charge is 0.353 e. The average molecular weight is 258 g/mol. The number of fused-ring (bicyclic) bond motifs is 3. The van der Waals surface area contributed by atoms with Gasteiger partial charge in [0.15, 0.2) is 0 Å². The summed E-state index contributed by atoms with van der Waals surface area (Å²) in [5, 5.41) is 1.18. The molecule has 0 bridgehead atoms. The van der Waals surface area contributed by atoms with Crippen LogP contribution in [0.4, 0.5) is 0 Å². The van der Waals surface area contributed by atoms with E-state index in [1.165, 1.54) is 16.5 Å². The fourth-order valence-electron chi connectivity index (χ4n) is 2.77. The van der Waals surface area contributed by atoms with E-state index in [9.17, 15) is 0 Å². The van der Waals surface area contributed by atoms with E-state index in [0.717, 1.165) is 22.2 Å². The van der Waals surface area contributed by atoms with Gasteiger partial charge in [0.05, 0.1) is 11.0 Å². The Labute approximate surface area is 117 Å². The zero-order valence-corrected chi connectivity index (χ0v) is 11.2. The molecule has 0 radical (unpaired) electrons. The monoisotopic (exact) mass is 258 g/mol. The Bertz CT molecular complexity index is 905. The van der Waals surface area contributed by atoms with Crippen LogP contribution in [0.5, 0.6) is 0 Å². The Morgan fingerprint density at radius 1 is 0.900 bits per heavy atom. The number of H-pyrrole nitrogens is 1. The first-order chi connectivity index (χ1) is 9.83. The summed E-state index contributed by atoms with van der Waals surface area (Å²) in [5.41, 5.74) is 6.78. The zero-order chi connectivity index (χ0) is 13.5. The fraction of sp³-hybridized carbons (Fsp3) is 0.0556. The van der Waals surface area contributed by atoms with Crippen LogP contribution >= 0.6 is 0 Å². The van der Waals surface area contributed by atoms with Crippen LogP contribution < -0.4 is 0 Å². The maximum absolute atomic E-state index is 4.72. The number of rotatable bonds is 1. The van der Waals surface area contributed by atoms with Crippen molar-refractivity contribution in [2.24, 2.45) is 0 Å². The van der Waals surface area contributed by atoms with Crippen molar-refractivity contribution in [3.63, 3.8) is 0 Å². The molecule has 0 aliphatic rings. The molecular formula is C18H14N2. The average Bonchev–Trinajstić information content (AvgIpc) is 2.86. The standard InChI is InChI=1S/C18H14N2/c1-12-11-15(13-7-3-2-4-8-13)18-17(19-12)14-9-5-6-10-16(14)20-18/h2-11,20H,1H3. The Balaban J connectivity index is 2.16. The number of nitrogens with zero attached hydrogens (tertiary/aromatic N) is 1. The molecule has 4 aromatic rings. The Hall–Kier alpha value is -2.61. The SMILES string of the molecule is Cc1cc(-c2ccccc2)c2[nH]c3ccccc3c2n1. The van der Waals surface area contributed by atoms with E-state index in [1.807, 2.05) is 19.1 Å². The molecule has 2 nitrogen and oxygen atoms in total. The van der Waals surface area contributed by atoms with Crippen molar-refractivity contribution in [1.29, 1.82) is 0 Å². The quantitative estimate of drug-likeness (QED) is 0.527. The summed E-state index contributed by atoms with van der Waals surface area (Å²) in [5.74, 6) is 0. The van der Waals surface area contributed by atoms with Crippen LogP contribution in [-0.4, -0.2) is 9.97 Å². The number of nitrogens with one attached hydrogen (secondary N) is 1. The van der Waals surface area contributed by atoms with Crippen LogP contribution in [0.15, 0.2) is 60.7 Å². The van der Waals surface area contributed by atoms with Crippen molar-refractivity contribution in [1.82, 2.24) is 9.97 Å². The Morgan fingerprint density at radius 2 is 1.65 bits per heavy atom. The number of hydrogen-bond acceptors (Lipinski definition) is 1. The highest BCUT2D eigenvalue weighted by atomic mass is 14.8. The smallest absolute Gasteiger partial charge is 0.0967 e. The molecular weight excluding hydrogens is 244 g/mol. The second kappa shape index (κ2) is 4.20. The molecule has 96 valence electrons. The molecule has 0 aliphatic heterocycles. The first kappa shape index (κ1) is 11.2. The molecule has 0 fully saturated rings. The summed E-state index contributed by atoms with van der Waals surface area (Å²) in [7, 11) is 0. The van der Waals surface area contributed by atoms with Crippen LogP contribution in [0.3, 0.4) is 0 Å². The molecule has 0 amide bonds. The van der Waals surface area contributed by atoms with E-state index in [-0.39, 0.29) is 0 Å². The summed E-state index contributed by atoms with van der Waals surface area (Å²) in [6, 6.07) is 20.9. The van der Waals surface area contributed by atoms with Crippen LogP contribution in [0.1, 0.15) is 5.69 Å². The molecule has 0 saturated carbocycles. The number of hydrogen-bond donors (Lipinski definition) is 1. The summed E-state index contributed by atoms with van der Waals surface area (Å²) in [6.45, 7) is 2.05. The Kier molecular flexibility index (Phi) is 2.36. The molecule has 0 atom stereocenters. The van der Waals surface area contributed by atoms with Gasteiger partial charge < -0.3 is 4.98 Å². The molecule has 4 rings (SSSR count). The lowest BCUT2D eigenvalue weighted by Crippen LogP contribution is -1.86. The van der Waals surface area contributed by atoms with Crippen LogP contribution in [0.2, 0.25) is 0 Å². The normalized spacial score (nSPS) is 11.2. The third kappa shape index (κ3) is 1.62. The molecule has 0 saturated heterocycles. The van der Waals surface area contributed by atoms with Gasteiger partial charge in [-0.25, -0.2) is 0 Å². The van der Waals surface area contributed by atoms with E-state index in [2.05, 4.69) is 53.5 Å². The van der Waals surface area contributed by atoms with Gasteiger partial charge in [0.2, 0.25) is 0 Å². The van der Waals surface area contributed by atoms with Gasteiger partial charge in [0.1, 0.15) is 0 Å². The number of aromatic nitrogens is 2. The molecule has 2 aromatic carbocycles. The van der Waals surface area contributed by atoms with E-state index in [0.29, 0.717) is 0 Å². The minimum absolute atomic E-state index is 1.04. The Morgan fingerprint density at radius 3 is 2.50 bits per heavy atom. The molecule has 0 spiro atoms. The first-order valence-corrected chi connectivity index (χ1v) is 6.76. The molecule has 0 aliphatic carbocycles. The van der Waals surface area contributed by atoms with Gasteiger partial charge >= 0.3 is 0 Å². The number of para-hydroxylation sites is 1. The molecule has 2 heterocycles.